The summed E-state index contributed by atoms with van der Waals surface area (Å²) in [5.74, 6) is 0.302. The molecule has 3 N–H and O–H groups in total. The Labute approximate surface area is 105 Å². The van der Waals surface area contributed by atoms with Gasteiger partial charge >= 0.3 is 0 Å². The predicted octanol–water partition coefficient (Wildman–Crippen LogP) is 2.06. The topological polar surface area (TPSA) is 81.2 Å². The lowest BCUT2D eigenvalue weighted by Crippen LogP contribution is -2.26. The maximum absolute atomic E-state index is 12.0. The largest absolute Gasteiger partial charge is 0.399 e. The molecule has 1 atom stereocenters. The maximum Gasteiger partial charge on any atom is 0.256 e. The van der Waals surface area contributed by atoms with Crippen molar-refractivity contribution in [2.75, 3.05) is 5.73 Å². The van der Waals surface area contributed by atoms with Crippen LogP contribution in [0.5, 0.6) is 0 Å². The molecule has 5 nitrogen and oxygen atoms in total. The Morgan fingerprint density at radius 2 is 2.28 bits per heavy atom. The van der Waals surface area contributed by atoms with Crippen molar-refractivity contribution >= 4 is 11.6 Å². The Morgan fingerprint density at radius 3 is 2.89 bits per heavy atom. The lowest BCUT2D eigenvalue weighted by molar-refractivity contribution is 0.0938. The smallest absolute Gasteiger partial charge is 0.256 e. The third-order valence-electron chi connectivity index (χ3n) is 2.75. The fourth-order valence-corrected chi connectivity index (χ4v) is 1.70. The molecule has 0 bridgehead atoms. The molecular weight excluding hydrogens is 230 g/mol. The Bertz CT molecular complexity index is 563. The van der Waals surface area contributed by atoms with E-state index in [1.807, 2.05) is 31.2 Å². The van der Waals surface area contributed by atoms with Crippen molar-refractivity contribution in [1.82, 2.24) is 10.5 Å². The van der Waals surface area contributed by atoms with E-state index in [0.717, 1.165) is 5.56 Å². The van der Waals surface area contributed by atoms with Crippen LogP contribution in [0.1, 0.15) is 34.6 Å². The van der Waals surface area contributed by atoms with Crippen LogP contribution in [0.4, 0.5) is 5.69 Å². The van der Waals surface area contributed by atoms with Gasteiger partial charge in [-0.25, -0.2) is 0 Å². The summed E-state index contributed by atoms with van der Waals surface area (Å²) in [4.78, 5) is 12.0. The Morgan fingerprint density at radius 1 is 1.50 bits per heavy atom. The molecule has 0 aliphatic heterocycles. The minimum absolute atomic E-state index is 0.129. The monoisotopic (exact) mass is 245 g/mol. The number of nitrogen functional groups attached to an aromatic ring is 1. The molecule has 1 unspecified atom stereocenters. The molecule has 18 heavy (non-hydrogen) atoms. The Hall–Kier alpha value is -2.30. The lowest BCUT2D eigenvalue weighted by Gasteiger charge is -2.14. The van der Waals surface area contributed by atoms with Crippen LogP contribution in [0.3, 0.4) is 0 Å². The maximum atomic E-state index is 12.0. The highest BCUT2D eigenvalue weighted by molar-refractivity contribution is 5.94. The summed E-state index contributed by atoms with van der Waals surface area (Å²) in [6.45, 7) is 3.60. The van der Waals surface area contributed by atoms with Gasteiger partial charge in [-0.1, -0.05) is 17.3 Å². The van der Waals surface area contributed by atoms with Crippen LogP contribution in [-0.4, -0.2) is 11.1 Å². The highest BCUT2D eigenvalue weighted by atomic mass is 16.5. The fourth-order valence-electron chi connectivity index (χ4n) is 1.70. The zero-order chi connectivity index (χ0) is 13.1. The van der Waals surface area contributed by atoms with E-state index < -0.39 is 0 Å². The molecule has 0 spiro atoms. The van der Waals surface area contributed by atoms with Crippen LogP contribution < -0.4 is 11.1 Å². The second-order valence-corrected chi connectivity index (χ2v) is 4.16. The molecule has 1 aromatic carbocycles. The first-order valence-corrected chi connectivity index (χ1v) is 5.65. The number of nitrogens with zero attached hydrogens (tertiary/aromatic N) is 1. The number of aromatic nitrogens is 1. The number of rotatable bonds is 3. The summed E-state index contributed by atoms with van der Waals surface area (Å²) >= 11 is 0. The second-order valence-electron chi connectivity index (χ2n) is 4.16. The van der Waals surface area contributed by atoms with Crippen LogP contribution in [0.25, 0.3) is 0 Å². The summed E-state index contributed by atoms with van der Waals surface area (Å²) < 4.78 is 4.86. The first kappa shape index (κ1) is 12.2. The molecule has 0 radical (unpaired) electrons. The molecule has 1 heterocycles. The summed E-state index contributed by atoms with van der Waals surface area (Å²) in [5, 5.41) is 6.45. The molecule has 0 fully saturated rings. The molecule has 1 aromatic heterocycles. The highest BCUT2D eigenvalue weighted by Crippen LogP contribution is 2.16. The molecule has 1 amide bonds. The number of nitrogens with one attached hydrogen (secondary N) is 1. The van der Waals surface area contributed by atoms with Crippen LogP contribution in [0, 0.1) is 6.92 Å². The molecule has 0 saturated heterocycles. The van der Waals surface area contributed by atoms with Crippen molar-refractivity contribution in [3.05, 3.63) is 47.3 Å². The molecule has 0 aliphatic rings. The van der Waals surface area contributed by atoms with E-state index in [4.69, 9.17) is 10.3 Å². The number of benzene rings is 1. The van der Waals surface area contributed by atoms with Gasteiger partial charge in [0.2, 0.25) is 0 Å². The number of anilines is 1. The first-order valence-electron chi connectivity index (χ1n) is 5.65. The standard InChI is InChI=1S/C13H15N3O2/c1-8(10-4-3-5-11(14)6-10)16-13(17)12-7-15-18-9(12)2/h3-8H,14H2,1-2H3,(H,16,17). The van der Waals surface area contributed by atoms with E-state index in [1.165, 1.54) is 6.20 Å². The van der Waals surface area contributed by atoms with Crippen LogP contribution >= 0.6 is 0 Å². The zero-order valence-corrected chi connectivity index (χ0v) is 10.3. The third kappa shape index (κ3) is 2.51. The van der Waals surface area contributed by atoms with Gasteiger partial charge in [0.05, 0.1) is 12.2 Å². The van der Waals surface area contributed by atoms with Crippen LogP contribution in [-0.2, 0) is 0 Å². The fraction of sp³-hybridized carbons (Fsp3) is 0.231. The Kier molecular flexibility index (Phi) is 3.32. The van der Waals surface area contributed by atoms with Gasteiger partial charge in [-0.2, -0.15) is 0 Å². The van der Waals surface area contributed by atoms with Crippen molar-refractivity contribution in [3.63, 3.8) is 0 Å². The molecule has 5 heteroatoms. The SMILES string of the molecule is Cc1oncc1C(=O)NC(C)c1cccc(N)c1. The lowest BCUT2D eigenvalue weighted by atomic mass is 10.1. The van der Waals surface area contributed by atoms with Crippen LogP contribution in [0.2, 0.25) is 0 Å². The predicted molar refractivity (Wildman–Crippen MR) is 68.0 cm³/mol. The number of hydrogen-bond acceptors (Lipinski definition) is 4. The van der Waals surface area contributed by atoms with Gasteiger partial charge in [0.25, 0.3) is 5.91 Å². The average molecular weight is 245 g/mol. The van der Waals surface area contributed by atoms with Gasteiger partial charge in [0, 0.05) is 5.69 Å². The number of amides is 1. The second kappa shape index (κ2) is 4.91. The van der Waals surface area contributed by atoms with E-state index in [0.29, 0.717) is 17.0 Å². The van der Waals surface area contributed by atoms with Crippen molar-refractivity contribution in [3.8, 4) is 0 Å². The molecule has 2 rings (SSSR count). The van der Waals surface area contributed by atoms with Gasteiger partial charge in [0.1, 0.15) is 11.3 Å². The first-order chi connectivity index (χ1) is 8.58. The molecule has 2 aromatic rings. The van der Waals surface area contributed by atoms with E-state index in [9.17, 15) is 4.79 Å². The highest BCUT2D eigenvalue weighted by Gasteiger charge is 2.15. The number of carbonyl (C=O) groups excluding carboxylic acids is 1. The summed E-state index contributed by atoms with van der Waals surface area (Å²) in [6, 6.07) is 7.29. The normalized spacial score (nSPS) is 12.1. The molecular formula is C13H15N3O2. The van der Waals surface area contributed by atoms with Crippen LogP contribution in [0.15, 0.2) is 35.0 Å². The number of aryl methyl sites for hydroxylation is 1. The molecule has 0 aliphatic carbocycles. The molecule has 0 saturated carbocycles. The van der Waals surface area contributed by atoms with E-state index in [1.54, 1.807) is 6.92 Å². The number of carbonyl (C=O) groups is 1. The number of hydrogen-bond donors (Lipinski definition) is 2. The van der Waals surface area contributed by atoms with Crippen molar-refractivity contribution in [1.29, 1.82) is 0 Å². The minimum atomic E-state index is -0.205. The zero-order valence-electron chi connectivity index (χ0n) is 10.3. The van der Waals surface area contributed by atoms with Gasteiger partial charge in [0.15, 0.2) is 0 Å². The van der Waals surface area contributed by atoms with E-state index in [-0.39, 0.29) is 11.9 Å². The quantitative estimate of drug-likeness (QED) is 0.811. The third-order valence-corrected chi connectivity index (χ3v) is 2.75. The van der Waals surface area contributed by atoms with Crippen molar-refractivity contribution < 1.29 is 9.32 Å². The van der Waals surface area contributed by atoms with Gasteiger partial charge in [-0.05, 0) is 31.5 Å². The van der Waals surface area contributed by atoms with Gasteiger partial charge in [-0.15, -0.1) is 0 Å². The van der Waals surface area contributed by atoms with Crippen molar-refractivity contribution in [2.24, 2.45) is 0 Å². The van der Waals surface area contributed by atoms with Gasteiger partial charge < -0.3 is 15.6 Å². The summed E-state index contributed by atoms with van der Waals surface area (Å²) in [5.41, 5.74) is 7.79. The summed E-state index contributed by atoms with van der Waals surface area (Å²) in [7, 11) is 0. The average Bonchev–Trinajstić information content (AvgIpc) is 2.75. The van der Waals surface area contributed by atoms with Gasteiger partial charge in [-0.3, -0.25) is 4.79 Å². The van der Waals surface area contributed by atoms with E-state index in [2.05, 4.69) is 10.5 Å². The summed E-state index contributed by atoms with van der Waals surface area (Å²) in [6.07, 6.45) is 1.41. The van der Waals surface area contributed by atoms with E-state index >= 15 is 0 Å². The molecule has 94 valence electrons. The number of nitrogens with two attached hydrogens (primary N) is 1. The van der Waals surface area contributed by atoms with Crippen molar-refractivity contribution in [2.45, 2.75) is 19.9 Å². The Balaban J connectivity index is 2.10. The minimum Gasteiger partial charge on any atom is -0.399 e.